The van der Waals surface area contributed by atoms with E-state index in [1.165, 1.54) is 6.07 Å². The highest BCUT2D eigenvalue weighted by molar-refractivity contribution is 7.82. The number of nitrogens with two attached hydrogens (primary N) is 1. The molecular formula is C16H17F2N3OS. The van der Waals surface area contributed by atoms with Crippen molar-refractivity contribution in [2.24, 2.45) is 5.73 Å². The average Bonchev–Trinajstić information content (AvgIpc) is 2.94. The molecule has 0 saturated carbocycles. The zero-order valence-corrected chi connectivity index (χ0v) is 13.3. The van der Waals surface area contributed by atoms with Crippen LogP contribution in [0.25, 0.3) is 0 Å². The summed E-state index contributed by atoms with van der Waals surface area (Å²) < 4.78 is 27.3. The molecule has 1 aliphatic heterocycles. The topological polar surface area (TPSA) is 58.4 Å². The van der Waals surface area contributed by atoms with Crippen LogP contribution in [0.5, 0.6) is 0 Å². The summed E-state index contributed by atoms with van der Waals surface area (Å²) in [5.74, 6) is -1.61. The Morgan fingerprint density at radius 3 is 2.96 bits per heavy atom. The Bertz CT molecular complexity index is 705. The van der Waals surface area contributed by atoms with Crippen molar-refractivity contribution in [2.45, 2.75) is 31.7 Å². The SMILES string of the molecule is NC(=O)C(=S)CC1=CNCN1C1CCc2c(F)cc(F)cc2C1. The van der Waals surface area contributed by atoms with Gasteiger partial charge in [-0.2, -0.15) is 0 Å². The van der Waals surface area contributed by atoms with Crippen molar-refractivity contribution >= 4 is 23.0 Å². The highest BCUT2D eigenvalue weighted by Gasteiger charge is 2.30. The van der Waals surface area contributed by atoms with Gasteiger partial charge in [-0.1, -0.05) is 12.2 Å². The largest absolute Gasteiger partial charge is 0.372 e. The molecule has 1 aromatic rings. The Balaban J connectivity index is 1.77. The number of nitrogens with zero attached hydrogens (tertiary/aromatic N) is 1. The molecule has 0 fully saturated rings. The number of primary amides is 1. The third-order valence-electron chi connectivity index (χ3n) is 4.39. The van der Waals surface area contributed by atoms with Crippen molar-refractivity contribution in [1.82, 2.24) is 10.2 Å². The van der Waals surface area contributed by atoms with Crippen molar-refractivity contribution < 1.29 is 13.6 Å². The molecule has 4 nitrogen and oxygen atoms in total. The molecule has 1 atom stereocenters. The van der Waals surface area contributed by atoms with Crippen molar-refractivity contribution in [3.8, 4) is 0 Å². The Morgan fingerprint density at radius 2 is 2.22 bits per heavy atom. The fourth-order valence-corrected chi connectivity index (χ4v) is 3.41. The van der Waals surface area contributed by atoms with Gasteiger partial charge in [-0.3, -0.25) is 4.79 Å². The monoisotopic (exact) mass is 337 g/mol. The summed E-state index contributed by atoms with van der Waals surface area (Å²) in [7, 11) is 0. The number of fused-ring (bicyclic) bond motifs is 1. The fraction of sp³-hybridized carbons (Fsp3) is 0.375. The third kappa shape index (κ3) is 3.19. The highest BCUT2D eigenvalue weighted by atomic mass is 32.1. The van der Waals surface area contributed by atoms with Crippen molar-refractivity contribution in [3.63, 3.8) is 0 Å². The molecule has 1 amide bonds. The molecule has 1 heterocycles. The summed E-state index contributed by atoms with van der Waals surface area (Å²) in [6.07, 6.45) is 4.01. The van der Waals surface area contributed by atoms with Crippen LogP contribution in [0.3, 0.4) is 0 Å². The van der Waals surface area contributed by atoms with E-state index in [9.17, 15) is 13.6 Å². The summed E-state index contributed by atoms with van der Waals surface area (Å²) in [5, 5.41) is 3.11. The molecule has 0 radical (unpaired) electrons. The second-order valence-electron chi connectivity index (χ2n) is 5.85. The summed E-state index contributed by atoms with van der Waals surface area (Å²) in [4.78, 5) is 13.4. The number of benzene rings is 1. The molecule has 2 aliphatic rings. The van der Waals surface area contributed by atoms with Gasteiger partial charge in [0.25, 0.3) is 5.91 Å². The number of amides is 1. The van der Waals surface area contributed by atoms with Crippen LogP contribution in [0, 0.1) is 11.6 Å². The van der Waals surface area contributed by atoms with Gasteiger partial charge in [0.1, 0.15) is 11.6 Å². The molecule has 0 spiro atoms. The first-order valence-electron chi connectivity index (χ1n) is 7.44. The second-order valence-corrected chi connectivity index (χ2v) is 6.35. The number of carbonyl (C=O) groups is 1. The van der Waals surface area contributed by atoms with Gasteiger partial charge in [0.2, 0.25) is 0 Å². The van der Waals surface area contributed by atoms with Crippen LogP contribution in [0.2, 0.25) is 0 Å². The zero-order chi connectivity index (χ0) is 16.6. The lowest BCUT2D eigenvalue weighted by Crippen LogP contribution is -2.40. The average molecular weight is 337 g/mol. The Kier molecular flexibility index (Phi) is 4.30. The predicted molar refractivity (Wildman–Crippen MR) is 86.5 cm³/mol. The van der Waals surface area contributed by atoms with Crippen LogP contribution in [0.15, 0.2) is 24.0 Å². The second kappa shape index (κ2) is 6.23. The Hall–Kier alpha value is -2.02. The van der Waals surface area contributed by atoms with E-state index in [1.54, 1.807) is 0 Å². The molecule has 3 N–H and O–H groups in total. The van der Waals surface area contributed by atoms with Gasteiger partial charge >= 0.3 is 0 Å². The molecule has 1 aliphatic carbocycles. The van der Waals surface area contributed by atoms with E-state index in [2.05, 4.69) is 10.2 Å². The molecule has 0 bridgehead atoms. The Morgan fingerprint density at radius 1 is 1.43 bits per heavy atom. The van der Waals surface area contributed by atoms with Crippen molar-refractivity contribution in [3.05, 3.63) is 46.8 Å². The maximum absolute atomic E-state index is 13.8. The number of thiocarbonyl (C=S) groups is 1. The summed E-state index contributed by atoms with van der Waals surface area (Å²) in [6, 6.07) is 2.46. The first-order chi connectivity index (χ1) is 11.0. The maximum Gasteiger partial charge on any atom is 0.255 e. The standard InChI is InChI=1S/C16H17F2N3OS/c17-10-3-9-4-11(1-2-13(9)14(18)5-10)21-8-20-7-12(21)6-15(23)16(19)22/h3,5,7,11,20H,1-2,4,6,8H2,(H2,19,22). The van der Waals surface area contributed by atoms with E-state index in [1.807, 2.05) is 6.20 Å². The van der Waals surface area contributed by atoms with Gasteiger partial charge in [-0.05, 0) is 36.5 Å². The first-order valence-corrected chi connectivity index (χ1v) is 7.85. The highest BCUT2D eigenvalue weighted by Crippen LogP contribution is 2.30. The molecule has 1 aromatic carbocycles. The summed E-state index contributed by atoms with van der Waals surface area (Å²) in [5.41, 5.74) is 7.41. The molecule has 0 saturated heterocycles. The van der Waals surface area contributed by atoms with E-state index in [4.69, 9.17) is 18.0 Å². The van der Waals surface area contributed by atoms with E-state index in [0.717, 1.165) is 18.2 Å². The minimum atomic E-state index is -0.592. The lowest BCUT2D eigenvalue weighted by Gasteiger charge is -2.35. The molecule has 0 aromatic heterocycles. The fourth-order valence-electron chi connectivity index (χ4n) is 3.27. The van der Waals surface area contributed by atoms with E-state index >= 15 is 0 Å². The molecule has 1 unspecified atom stereocenters. The number of carbonyl (C=O) groups excluding carboxylic acids is 1. The van der Waals surface area contributed by atoms with E-state index in [-0.39, 0.29) is 10.9 Å². The molecule has 122 valence electrons. The van der Waals surface area contributed by atoms with Crippen LogP contribution < -0.4 is 11.1 Å². The van der Waals surface area contributed by atoms with Crippen molar-refractivity contribution in [2.75, 3.05) is 6.67 Å². The van der Waals surface area contributed by atoms with Gasteiger partial charge in [-0.25, -0.2) is 8.78 Å². The van der Waals surface area contributed by atoms with Gasteiger partial charge in [0.05, 0.1) is 11.5 Å². The molecule has 3 rings (SSSR count). The van der Waals surface area contributed by atoms with Crippen LogP contribution in [-0.2, 0) is 17.6 Å². The summed E-state index contributed by atoms with van der Waals surface area (Å²) in [6.45, 7) is 0.592. The molecular weight excluding hydrogens is 320 g/mol. The maximum atomic E-state index is 13.8. The van der Waals surface area contributed by atoms with Gasteiger partial charge < -0.3 is 16.0 Å². The number of allylic oxidation sites excluding steroid dienone is 1. The Labute approximate surface area is 138 Å². The number of hydrogen-bond donors (Lipinski definition) is 2. The minimum Gasteiger partial charge on any atom is -0.372 e. The number of rotatable bonds is 4. The van der Waals surface area contributed by atoms with E-state index < -0.39 is 17.5 Å². The van der Waals surface area contributed by atoms with Crippen LogP contribution in [-0.4, -0.2) is 28.4 Å². The van der Waals surface area contributed by atoms with Crippen LogP contribution in [0.1, 0.15) is 24.0 Å². The number of halogens is 2. The lowest BCUT2D eigenvalue weighted by atomic mass is 9.87. The number of nitrogens with one attached hydrogen (secondary N) is 1. The van der Waals surface area contributed by atoms with Gasteiger partial charge in [0, 0.05) is 30.4 Å². The normalized spacial score (nSPS) is 19.8. The van der Waals surface area contributed by atoms with Gasteiger partial charge in [0.15, 0.2) is 0 Å². The quantitative estimate of drug-likeness (QED) is 0.822. The van der Waals surface area contributed by atoms with Crippen LogP contribution in [0.4, 0.5) is 8.78 Å². The third-order valence-corrected chi connectivity index (χ3v) is 4.74. The molecule has 23 heavy (non-hydrogen) atoms. The zero-order valence-electron chi connectivity index (χ0n) is 12.4. The lowest BCUT2D eigenvalue weighted by molar-refractivity contribution is -0.111. The minimum absolute atomic E-state index is 0.112. The first kappa shape index (κ1) is 15.9. The van der Waals surface area contributed by atoms with E-state index in [0.29, 0.717) is 37.1 Å². The smallest absolute Gasteiger partial charge is 0.255 e. The predicted octanol–water partition coefficient (Wildman–Crippen LogP) is 1.77. The van der Waals surface area contributed by atoms with Gasteiger partial charge in [-0.15, -0.1) is 0 Å². The number of hydrogen-bond acceptors (Lipinski definition) is 4. The van der Waals surface area contributed by atoms with Crippen molar-refractivity contribution in [1.29, 1.82) is 0 Å². The molecule has 7 heteroatoms. The van der Waals surface area contributed by atoms with Crippen LogP contribution >= 0.6 is 12.2 Å². The summed E-state index contributed by atoms with van der Waals surface area (Å²) >= 11 is 5.00.